The molecule has 0 radical (unpaired) electrons. The Labute approximate surface area is 104 Å². The molecule has 2 rings (SSSR count). The van der Waals surface area contributed by atoms with Crippen molar-refractivity contribution in [1.29, 1.82) is 0 Å². The molecule has 16 heavy (non-hydrogen) atoms. The van der Waals surface area contributed by atoms with E-state index in [1.165, 1.54) is 5.56 Å². The zero-order valence-electron chi connectivity index (χ0n) is 8.90. The molecule has 0 aliphatic heterocycles. The number of para-hydroxylation sites is 2. The van der Waals surface area contributed by atoms with Gasteiger partial charge in [0.2, 0.25) is 0 Å². The number of alkyl halides is 1. The molecule has 0 unspecified atom stereocenters. The maximum Gasteiger partial charge on any atom is 0.130 e. The Kier molecular flexibility index (Phi) is 4.00. The largest absolute Gasteiger partial charge is 0.457 e. The highest BCUT2D eigenvalue weighted by atomic mass is 79.9. The predicted octanol–water partition coefficient (Wildman–Crippen LogP) is 4.42. The van der Waals surface area contributed by atoms with E-state index in [2.05, 4.69) is 22.0 Å². The lowest BCUT2D eigenvalue weighted by molar-refractivity contribution is 0.477. The van der Waals surface area contributed by atoms with Gasteiger partial charge in [-0.3, -0.25) is 0 Å². The number of halogens is 1. The van der Waals surface area contributed by atoms with E-state index in [1.807, 2.05) is 48.5 Å². The fourth-order valence-electron chi connectivity index (χ4n) is 1.53. The third-order valence-corrected chi connectivity index (χ3v) is 2.70. The predicted molar refractivity (Wildman–Crippen MR) is 70.5 cm³/mol. The Balaban J connectivity index is 2.21. The van der Waals surface area contributed by atoms with Crippen LogP contribution < -0.4 is 4.74 Å². The Morgan fingerprint density at radius 3 is 2.31 bits per heavy atom. The van der Waals surface area contributed by atoms with E-state index in [-0.39, 0.29) is 0 Å². The molecule has 0 N–H and O–H groups in total. The van der Waals surface area contributed by atoms with Gasteiger partial charge in [0.1, 0.15) is 11.5 Å². The number of rotatable bonds is 4. The lowest BCUT2D eigenvalue weighted by Gasteiger charge is -2.09. The Morgan fingerprint density at radius 2 is 1.56 bits per heavy atom. The summed E-state index contributed by atoms with van der Waals surface area (Å²) in [6, 6.07) is 18.0. The van der Waals surface area contributed by atoms with Crippen molar-refractivity contribution in [2.24, 2.45) is 0 Å². The lowest BCUT2D eigenvalue weighted by atomic mass is 10.1. The van der Waals surface area contributed by atoms with Crippen LogP contribution in [0.2, 0.25) is 0 Å². The molecule has 0 fully saturated rings. The smallest absolute Gasteiger partial charge is 0.130 e. The van der Waals surface area contributed by atoms with E-state index in [0.717, 1.165) is 23.2 Å². The van der Waals surface area contributed by atoms with E-state index in [9.17, 15) is 0 Å². The fourth-order valence-corrected chi connectivity index (χ4v) is 1.95. The van der Waals surface area contributed by atoms with Crippen molar-refractivity contribution >= 4 is 15.9 Å². The van der Waals surface area contributed by atoms with Crippen LogP contribution in [0.3, 0.4) is 0 Å². The Hall–Kier alpha value is -1.28. The summed E-state index contributed by atoms with van der Waals surface area (Å²) in [5, 5.41) is 0.947. The second-order valence-electron chi connectivity index (χ2n) is 3.46. The molecule has 0 aliphatic carbocycles. The van der Waals surface area contributed by atoms with Gasteiger partial charge in [0.15, 0.2) is 0 Å². The molecular weight excluding hydrogens is 264 g/mol. The van der Waals surface area contributed by atoms with Crippen LogP contribution in [-0.4, -0.2) is 5.33 Å². The molecule has 2 aromatic rings. The zero-order chi connectivity index (χ0) is 11.2. The summed E-state index contributed by atoms with van der Waals surface area (Å²) < 4.78 is 5.84. The normalized spacial score (nSPS) is 10.1. The van der Waals surface area contributed by atoms with Gasteiger partial charge in [0.05, 0.1) is 0 Å². The SMILES string of the molecule is BrCCc1ccccc1Oc1ccccc1. The van der Waals surface area contributed by atoms with Crippen LogP contribution in [-0.2, 0) is 6.42 Å². The Morgan fingerprint density at radius 1 is 0.875 bits per heavy atom. The van der Waals surface area contributed by atoms with Crippen LogP contribution in [0.5, 0.6) is 11.5 Å². The van der Waals surface area contributed by atoms with Gasteiger partial charge in [-0.2, -0.15) is 0 Å². The van der Waals surface area contributed by atoms with Gasteiger partial charge in [-0.15, -0.1) is 0 Å². The van der Waals surface area contributed by atoms with Gasteiger partial charge in [-0.1, -0.05) is 52.3 Å². The van der Waals surface area contributed by atoms with E-state index in [1.54, 1.807) is 0 Å². The summed E-state index contributed by atoms with van der Waals surface area (Å²) in [4.78, 5) is 0. The molecule has 0 heterocycles. The number of benzene rings is 2. The fraction of sp³-hybridized carbons (Fsp3) is 0.143. The second-order valence-corrected chi connectivity index (χ2v) is 4.25. The second kappa shape index (κ2) is 5.71. The van der Waals surface area contributed by atoms with Gasteiger partial charge in [-0.25, -0.2) is 0 Å². The number of ether oxygens (including phenoxy) is 1. The van der Waals surface area contributed by atoms with Crippen molar-refractivity contribution in [3.63, 3.8) is 0 Å². The van der Waals surface area contributed by atoms with Gasteiger partial charge in [-0.05, 0) is 30.2 Å². The quantitative estimate of drug-likeness (QED) is 0.752. The first-order valence-corrected chi connectivity index (χ1v) is 6.39. The first kappa shape index (κ1) is 11.2. The molecule has 82 valence electrons. The minimum atomic E-state index is 0.879. The first-order chi connectivity index (χ1) is 7.90. The van der Waals surface area contributed by atoms with Crippen molar-refractivity contribution in [2.45, 2.75) is 6.42 Å². The van der Waals surface area contributed by atoms with Gasteiger partial charge < -0.3 is 4.74 Å². The standard InChI is InChI=1S/C14H13BrO/c15-11-10-12-6-4-5-9-14(12)16-13-7-2-1-3-8-13/h1-9H,10-11H2. The summed E-state index contributed by atoms with van der Waals surface area (Å²) in [7, 11) is 0. The topological polar surface area (TPSA) is 9.23 Å². The molecule has 2 aromatic carbocycles. The van der Waals surface area contributed by atoms with Crippen molar-refractivity contribution < 1.29 is 4.74 Å². The molecule has 0 aromatic heterocycles. The summed E-state index contributed by atoms with van der Waals surface area (Å²) in [6.07, 6.45) is 0.975. The van der Waals surface area contributed by atoms with Crippen LogP contribution in [0, 0.1) is 0 Å². The Bertz CT molecular complexity index is 439. The molecule has 0 atom stereocenters. The molecule has 1 nitrogen and oxygen atoms in total. The summed E-state index contributed by atoms with van der Waals surface area (Å²) in [5.41, 5.74) is 1.23. The van der Waals surface area contributed by atoms with Crippen molar-refractivity contribution in [2.75, 3.05) is 5.33 Å². The maximum absolute atomic E-state index is 5.84. The summed E-state index contributed by atoms with van der Waals surface area (Å²) >= 11 is 3.45. The molecular formula is C14H13BrO. The zero-order valence-corrected chi connectivity index (χ0v) is 10.5. The summed E-state index contributed by atoms with van der Waals surface area (Å²) in [6.45, 7) is 0. The minimum absolute atomic E-state index is 0.879. The average Bonchev–Trinajstić information content (AvgIpc) is 2.33. The molecule has 0 saturated carbocycles. The third-order valence-electron chi connectivity index (χ3n) is 2.31. The average molecular weight is 277 g/mol. The van der Waals surface area contributed by atoms with E-state index >= 15 is 0 Å². The van der Waals surface area contributed by atoms with Gasteiger partial charge >= 0.3 is 0 Å². The monoisotopic (exact) mass is 276 g/mol. The maximum atomic E-state index is 5.84. The molecule has 0 aliphatic rings. The molecule has 0 amide bonds. The van der Waals surface area contributed by atoms with E-state index < -0.39 is 0 Å². The lowest BCUT2D eigenvalue weighted by Crippen LogP contribution is -1.92. The van der Waals surface area contributed by atoms with Crippen molar-refractivity contribution in [3.8, 4) is 11.5 Å². The molecule has 2 heteroatoms. The highest BCUT2D eigenvalue weighted by molar-refractivity contribution is 9.09. The summed E-state index contributed by atoms with van der Waals surface area (Å²) in [5.74, 6) is 1.82. The van der Waals surface area contributed by atoms with Crippen molar-refractivity contribution in [3.05, 3.63) is 60.2 Å². The van der Waals surface area contributed by atoms with Crippen LogP contribution in [0.4, 0.5) is 0 Å². The molecule has 0 spiro atoms. The van der Waals surface area contributed by atoms with Gasteiger partial charge in [0, 0.05) is 5.33 Å². The van der Waals surface area contributed by atoms with Gasteiger partial charge in [0.25, 0.3) is 0 Å². The third kappa shape index (κ3) is 2.86. The van der Waals surface area contributed by atoms with Crippen LogP contribution >= 0.6 is 15.9 Å². The molecule has 0 saturated heterocycles. The number of hydrogen-bond acceptors (Lipinski definition) is 1. The first-order valence-electron chi connectivity index (χ1n) is 5.27. The van der Waals surface area contributed by atoms with Crippen LogP contribution in [0.15, 0.2) is 54.6 Å². The van der Waals surface area contributed by atoms with Crippen molar-refractivity contribution in [1.82, 2.24) is 0 Å². The minimum Gasteiger partial charge on any atom is -0.457 e. The number of hydrogen-bond donors (Lipinski definition) is 0. The number of aryl methyl sites for hydroxylation is 1. The van der Waals surface area contributed by atoms with E-state index in [0.29, 0.717) is 0 Å². The molecule has 0 bridgehead atoms. The highest BCUT2D eigenvalue weighted by Gasteiger charge is 2.02. The van der Waals surface area contributed by atoms with E-state index in [4.69, 9.17) is 4.74 Å². The van der Waals surface area contributed by atoms with Crippen LogP contribution in [0.1, 0.15) is 5.56 Å². The highest BCUT2D eigenvalue weighted by Crippen LogP contribution is 2.25. The van der Waals surface area contributed by atoms with Crippen LogP contribution in [0.25, 0.3) is 0 Å².